The molecule has 2 aromatic carbocycles. The monoisotopic (exact) mass is 534 g/mol. The molecule has 0 N–H and O–H groups in total. The van der Waals surface area contributed by atoms with Crippen molar-refractivity contribution in [3.05, 3.63) is 81.3 Å². The largest absolute Gasteiger partial charge is 0.490 e. The van der Waals surface area contributed by atoms with Crippen molar-refractivity contribution in [1.29, 1.82) is 0 Å². The molecule has 5 rings (SSSR count). The minimum atomic E-state index is -0.474. The van der Waals surface area contributed by atoms with E-state index in [0.29, 0.717) is 78.1 Å². The Morgan fingerprint density at radius 2 is 1.45 bits per heavy atom. The first-order chi connectivity index (χ1) is 18.0. The van der Waals surface area contributed by atoms with E-state index in [2.05, 4.69) is 27.7 Å². The van der Waals surface area contributed by atoms with E-state index >= 15 is 0 Å². The summed E-state index contributed by atoms with van der Waals surface area (Å²) in [5.41, 5.74) is 2.55. The number of carbonyl (C=O) groups is 2. The van der Waals surface area contributed by atoms with E-state index in [-0.39, 0.29) is 22.4 Å². The topological polar surface area (TPSA) is 61.8 Å². The fourth-order valence-corrected chi connectivity index (χ4v) is 6.06. The summed E-state index contributed by atoms with van der Waals surface area (Å²) in [6.07, 6.45) is 2.16. The summed E-state index contributed by atoms with van der Waals surface area (Å²) in [6.45, 7) is 11.0. The lowest BCUT2D eigenvalue weighted by molar-refractivity contribution is -0.120. The third kappa shape index (κ3) is 5.13. The van der Waals surface area contributed by atoms with Gasteiger partial charge in [0.15, 0.2) is 23.1 Å². The fourth-order valence-electron chi connectivity index (χ4n) is 5.87. The number of Topliss-reactive ketones (excluding diaryl/α,β-unsaturated/α-hetero) is 2. The number of rotatable bonds is 6. The van der Waals surface area contributed by atoms with E-state index in [0.717, 1.165) is 11.1 Å². The Morgan fingerprint density at radius 1 is 0.842 bits per heavy atom. The molecule has 38 heavy (non-hydrogen) atoms. The molecule has 0 amide bonds. The standard InChI is InChI=1S/C32H35ClO5/c1-6-36-25-13-19(11-12-24(25)37-18-20-9-7-8-10-21(20)33)28-29-22(34)14-31(2,3)16-26(29)38-27-17-32(4,5)15-23(35)30(27)28/h7-13,28H,6,14-18H2,1-5H3. The quantitative estimate of drug-likeness (QED) is 0.379. The zero-order valence-corrected chi connectivity index (χ0v) is 23.5. The molecule has 0 bridgehead atoms. The molecular weight excluding hydrogens is 500 g/mol. The van der Waals surface area contributed by atoms with Crippen LogP contribution < -0.4 is 9.47 Å². The van der Waals surface area contributed by atoms with Crippen LogP contribution >= 0.6 is 11.6 Å². The Hall–Kier alpha value is -3.05. The Bertz CT molecular complexity index is 1310. The number of ether oxygens (including phenoxy) is 3. The van der Waals surface area contributed by atoms with Crippen LogP contribution in [0.2, 0.25) is 5.02 Å². The van der Waals surface area contributed by atoms with Gasteiger partial charge in [-0.3, -0.25) is 9.59 Å². The SMILES string of the molecule is CCOc1cc(C2C3=C(CC(C)(C)CC3=O)OC3=C2C(=O)CC(C)(C)C3)ccc1OCc1ccccc1Cl. The van der Waals surface area contributed by atoms with Crippen molar-refractivity contribution >= 4 is 23.2 Å². The molecule has 0 fully saturated rings. The van der Waals surface area contributed by atoms with Crippen molar-refractivity contribution in [2.24, 2.45) is 10.8 Å². The molecule has 0 saturated carbocycles. The van der Waals surface area contributed by atoms with Crippen molar-refractivity contribution in [1.82, 2.24) is 0 Å². The van der Waals surface area contributed by atoms with Gasteiger partial charge in [0.1, 0.15) is 18.1 Å². The fraction of sp³-hybridized carbons (Fsp3) is 0.438. The average Bonchev–Trinajstić information content (AvgIpc) is 2.81. The molecule has 200 valence electrons. The summed E-state index contributed by atoms with van der Waals surface area (Å²) in [6, 6.07) is 13.3. The van der Waals surface area contributed by atoms with E-state index in [1.54, 1.807) is 0 Å². The van der Waals surface area contributed by atoms with Crippen LogP contribution in [0.1, 0.15) is 77.3 Å². The van der Waals surface area contributed by atoms with Crippen molar-refractivity contribution in [3.8, 4) is 11.5 Å². The predicted molar refractivity (Wildman–Crippen MR) is 147 cm³/mol. The molecule has 0 spiro atoms. The zero-order valence-electron chi connectivity index (χ0n) is 22.8. The normalized spacial score (nSPS) is 20.6. The summed E-state index contributed by atoms with van der Waals surface area (Å²) in [7, 11) is 0. The number of hydrogen-bond donors (Lipinski definition) is 0. The molecule has 1 aliphatic heterocycles. The highest BCUT2D eigenvalue weighted by Gasteiger charge is 2.47. The van der Waals surface area contributed by atoms with Crippen LogP contribution in [-0.4, -0.2) is 18.2 Å². The van der Waals surface area contributed by atoms with Gasteiger partial charge in [0.2, 0.25) is 0 Å². The first kappa shape index (κ1) is 26.6. The first-order valence-electron chi connectivity index (χ1n) is 13.3. The van der Waals surface area contributed by atoms with Crippen LogP contribution in [0.3, 0.4) is 0 Å². The number of benzene rings is 2. The number of ketones is 2. The van der Waals surface area contributed by atoms with Gasteiger partial charge in [-0.15, -0.1) is 0 Å². The first-order valence-corrected chi connectivity index (χ1v) is 13.7. The average molecular weight is 535 g/mol. The maximum Gasteiger partial charge on any atom is 0.163 e. The van der Waals surface area contributed by atoms with Crippen LogP contribution in [0, 0.1) is 10.8 Å². The van der Waals surface area contributed by atoms with E-state index in [1.807, 2.05) is 49.4 Å². The second kappa shape index (κ2) is 9.92. The van der Waals surface area contributed by atoms with Gasteiger partial charge in [0, 0.05) is 53.3 Å². The van der Waals surface area contributed by atoms with Gasteiger partial charge in [0.25, 0.3) is 0 Å². The Morgan fingerprint density at radius 3 is 2.03 bits per heavy atom. The molecule has 3 aliphatic rings. The van der Waals surface area contributed by atoms with Crippen molar-refractivity contribution in [3.63, 3.8) is 0 Å². The van der Waals surface area contributed by atoms with Crippen LogP contribution in [0.15, 0.2) is 65.1 Å². The van der Waals surface area contributed by atoms with E-state index in [9.17, 15) is 9.59 Å². The summed E-state index contributed by atoms with van der Waals surface area (Å²) in [4.78, 5) is 27.1. The molecule has 5 nitrogen and oxygen atoms in total. The molecule has 0 unspecified atom stereocenters. The molecule has 2 aromatic rings. The second-order valence-electron chi connectivity index (χ2n) is 12.1. The third-order valence-electron chi connectivity index (χ3n) is 7.52. The predicted octanol–water partition coefficient (Wildman–Crippen LogP) is 7.72. The lowest BCUT2D eigenvalue weighted by Crippen LogP contribution is -2.37. The summed E-state index contributed by atoms with van der Waals surface area (Å²) in [5, 5.41) is 0.640. The summed E-state index contributed by atoms with van der Waals surface area (Å²) < 4.78 is 18.5. The van der Waals surface area contributed by atoms with Gasteiger partial charge < -0.3 is 14.2 Å². The van der Waals surface area contributed by atoms with Crippen LogP contribution in [0.5, 0.6) is 11.5 Å². The van der Waals surface area contributed by atoms with Crippen LogP contribution in [0.4, 0.5) is 0 Å². The lowest BCUT2D eigenvalue weighted by Gasteiger charge is -2.42. The molecular formula is C32H35ClO5. The van der Waals surface area contributed by atoms with Gasteiger partial charge in [-0.05, 0) is 41.5 Å². The van der Waals surface area contributed by atoms with Gasteiger partial charge in [0.05, 0.1) is 6.61 Å². The van der Waals surface area contributed by atoms with E-state index in [1.165, 1.54) is 0 Å². The zero-order chi connectivity index (χ0) is 27.2. The third-order valence-corrected chi connectivity index (χ3v) is 7.89. The van der Waals surface area contributed by atoms with Gasteiger partial charge >= 0.3 is 0 Å². The molecule has 0 saturated heterocycles. The van der Waals surface area contributed by atoms with Crippen molar-refractivity contribution < 1.29 is 23.8 Å². The van der Waals surface area contributed by atoms with Gasteiger partial charge in [-0.25, -0.2) is 0 Å². The second-order valence-corrected chi connectivity index (χ2v) is 12.5. The van der Waals surface area contributed by atoms with Gasteiger partial charge in [-0.1, -0.05) is 63.6 Å². The minimum absolute atomic E-state index is 0.0439. The van der Waals surface area contributed by atoms with E-state index in [4.69, 9.17) is 25.8 Å². The minimum Gasteiger partial charge on any atom is -0.490 e. The number of hydrogen-bond acceptors (Lipinski definition) is 5. The Kier molecular flexibility index (Phi) is 6.93. The molecule has 0 atom stereocenters. The number of allylic oxidation sites excluding steroid dienone is 4. The maximum absolute atomic E-state index is 13.6. The van der Waals surface area contributed by atoms with Crippen molar-refractivity contribution in [2.75, 3.05) is 6.61 Å². The summed E-state index contributed by atoms with van der Waals surface area (Å²) >= 11 is 6.32. The highest BCUT2D eigenvalue weighted by atomic mass is 35.5. The van der Waals surface area contributed by atoms with E-state index < -0.39 is 5.92 Å². The Labute approximate surface area is 229 Å². The smallest absolute Gasteiger partial charge is 0.163 e. The molecule has 1 heterocycles. The van der Waals surface area contributed by atoms with Crippen LogP contribution in [0.25, 0.3) is 0 Å². The molecule has 0 radical (unpaired) electrons. The van der Waals surface area contributed by atoms with Crippen LogP contribution in [-0.2, 0) is 20.9 Å². The summed E-state index contributed by atoms with van der Waals surface area (Å²) in [5.74, 6) is 2.18. The lowest BCUT2D eigenvalue weighted by atomic mass is 9.65. The highest BCUT2D eigenvalue weighted by molar-refractivity contribution is 6.31. The number of carbonyl (C=O) groups excluding carboxylic acids is 2. The number of halogens is 1. The highest BCUT2D eigenvalue weighted by Crippen LogP contribution is 2.53. The van der Waals surface area contributed by atoms with Gasteiger partial charge in [-0.2, -0.15) is 0 Å². The maximum atomic E-state index is 13.6. The Balaban J connectivity index is 1.58. The molecule has 0 aromatic heterocycles. The molecule has 2 aliphatic carbocycles. The van der Waals surface area contributed by atoms with Crippen molar-refractivity contribution in [2.45, 2.75) is 72.8 Å². The molecule has 6 heteroatoms.